The molecule has 2 aromatic rings. The van der Waals surface area contributed by atoms with Crippen LogP contribution in [-0.2, 0) is 37.0 Å². The number of carbonyl (C=O) groups is 1. The molecule has 3 aliphatic heterocycles. The number of hydrogen-bond acceptors (Lipinski definition) is 6. The topological polar surface area (TPSA) is 74.2 Å². The number of nitrogens with one attached hydrogen (secondary N) is 1. The van der Waals surface area contributed by atoms with E-state index in [1.807, 2.05) is 4.90 Å². The molecule has 1 amide bonds. The molecule has 1 saturated heterocycles. The second-order valence-electron chi connectivity index (χ2n) is 8.51. The van der Waals surface area contributed by atoms with Gasteiger partial charge < -0.3 is 15.1 Å². The highest BCUT2D eigenvalue weighted by molar-refractivity contribution is 5.77. The van der Waals surface area contributed by atoms with Crippen molar-refractivity contribution < 1.29 is 18.0 Å². The summed E-state index contributed by atoms with van der Waals surface area (Å²) in [4.78, 5) is 29.0. The van der Waals surface area contributed by atoms with Crippen molar-refractivity contribution in [2.24, 2.45) is 5.92 Å². The Morgan fingerprint density at radius 2 is 1.90 bits per heavy atom. The monoisotopic (exact) mass is 432 g/mol. The Bertz CT molecular complexity index is 1020. The first-order valence-corrected chi connectivity index (χ1v) is 10.4. The van der Waals surface area contributed by atoms with Gasteiger partial charge in [-0.25, -0.2) is 9.97 Å². The van der Waals surface area contributed by atoms with Crippen LogP contribution in [-0.4, -0.2) is 45.4 Å². The van der Waals surface area contributed by atoms with Crippen LogP contribution >= 0.6 is 0 Å². The summed E-state index contributed by atoms with van der Waals surface area (Å²) in [6.07, 6.45) is -1.52. The molecule has 2 aromatic heterocycles. The minimum Gasteiger partial charge on any atom is -0.340 e. The smallest absolute Gasteiger partial charge is 0.340 e. The first-order valence-electron chi connectivity index (χ1n) is 10.4. The Balaban J connectivity index is 1.17. The van der Waals surface area contributed by atoms with E-state index in [0.29, 0.717) is 32.6 Å². The van der Waals surface area contributed by atoms with E-state index in [-0.39, 0.29) is 17.8 Å². The Morgan fingerprint density at radius 1 is 1.16 bits per heavy atom. The van der Waals surface area contributed by atoms with Crippen LogP contribution in [0.25, 0.3) is 0 Å². The third kappa shape index (κ3) is 3.73. The average molecular weight is 432 g/mol. The van der Waals surface area contributed by atoms with Crippen LogP contribution in [0.1, 0.15) is 40.1 Å². The molecule has 5 rings (SSSR count). The standard InChI is InChI=1S/C21H23F3N6O/c1-12-15-7-25-3-2-17(15)28-18-11-29(10-16(12)18)19(31)4-13-8-30(9-13)20-26-5-14(6-27-20)21(22,23)24/h5-6,13,25H,2-4,7-11H2,1H3. The van der Waals surface area contributed by atoms with Crippen molar-refractivity contribution in [3.05, 3.63) is 46.0 Å². The van der Waals surface area contributed by atoms with E-state index in [1.165, 1.54) is 16.7 Å². The third-order valence-electron chi connectivity index (χ3n) is 6.42. The van der Waals surface area contributed by atoms with Gasteiger partial charge in [-0.05, 0) is 23.6 Å². The van der Waals surface area contributed by atoms with Gasteiger partial charge in [0.2, 0.25) is 11.9 Å². The van der Waals surface area contributed by atoms with Crippen molar-refractivity contribution in [2.75, 3.05) is 24.5 Å². The lowest BCUT2D eigenvalue weighted by Gasteiger charge is -2.39. The van der Waals surface area contributed by atoms with Crippen LogP contribution in [0.4, 0.5) is 19.1 Å². The number of alkyl halides is 3. The highest BCUT2D eigenvalue weighted by Crippen LogP contribution is 2.32. The minimum atomic E-state index is -4.45. The van der Waals surface area contributed by atoms with Crippen LogP contribution in [0.2, 0.25) is 0 Å². The quantitative estimate of drug-likeness (QED) is 0.802. The van der Waals surface area contributed by atoms with Gasteiger partial charge >= 0.3 is 6.18 Å². The van der Waals surface area contributed by atoms with Crippen LogP contribution in [0.15, 0.2) is 12.4 Å². The number of aromatic nitrogens is 3. The van der Waals surface area contributed by atoms with Crippen molar-refractivity contribution in [1.29, 1.82) is 0 Å². The van der Waals surface area contributed by atoms with Gasteiger partial charge in [-0.15, -0.1) is 0 Å². The van der Waals surface area contributed by atoms with E-state index < -0.39 is 11.7 Å². The van der Waals surface area contributed by atoms with Gasteiger partial charge in [0.15, 0.2) is 0 Å². The molecule has 0 saturated carbocycles. The molecule has 0 bridgehead atoms. The lowest BCUT2D eigenvalue weighted by molar-refractivity contribution is -0.138. The molecule has 1 fully saturated rings. The molecule has 5 heterocycles. The molecule has 10 heteroatoms. The van der Waals surface area contributed by atoms with Gasteiger partial charge in [-0.2, -0.15) is 13.2 Å². The van der Waals surface area contributed by atoms with Gasteiger partial charge in [0.1, 0.15) is 0 Å². The fourth-order valence-electron chi connectivity index (χ4n) is 4.59. The van der Waals surface area contributed by atoms with E-state index in [2.05, 4.69) is 22.2 Å². The van der Waals surface area contributed by atoms with Crippen molar-refractivity contribution in [3.63, 3.8) is 0 Å². The Kier molecular flexibility index (Phi) is 4.84. The molecule has 0 aliphatic carbocycles. The van der Waals surface area contributed by atoms with Crippen LogP contribution in [0.5, 0.6) is 0 Å². The first-order chi connectivity index (χ1) is 14.8. The van der Waals surface area contributed by atoms with Gasteiger partial charge in [-0.1, -0.05) is 0 Å². The molecular weight excluding hydrogens is 409 g/mol. The summed E-state index contributed by atoms with van der Waals surface area (Å²) in [5, 5.41) is 3.39. The van der Waals surface area contributed by atoms with Crippen LogP contribution in [0, 0.1) is 12.8 Å². The van der Waals surface area contributed by atoms with E-state index in [0.717, 1.165) is 43.3 Å². The zero-order valence-electron chi connectivity index (χ0n) is 17.2. The number of hydrogen-bond donors (Lipinski definition) is 1. The van der Waals surface area contributed by atoms with Gasteiger partial charge in [0.05, 0.1) is 17.8 Å². The fourth-order valence-corrected chi connectivity index (χ4v) is 4.59. The van der Waals surface area contributed by atoms with Gasteiger partial charge in [0.25, 0.3) is 0 Å². The SMILES string of the molecule is Cc1c2c(nc3c1CN(C(=O)CC1CN(c4ncc(C(F)(F)F)cn4)C1)C3)CCNC2. The molecule has 31 heavy (non-hydrogen) atoms. The predicted molar refractivity (Wildman–Crippen MR) is 106 cm³/mol. The summed E-state index contributed by atoms with van der Waals surface area (Å²) in [6.45, 7) is 6.16. The Morgan fingerprint density at radius 3 is 2.61 bits per heavy atom. The molecule has 3 aliphatic rings. The minimum absolute atomic E-state index is 0.0893. The van der Waals surface area contributed by atoms with E-state index >= 15 is 0 Å². The summed E-state index contributed by atoms with van der Waals surface area (Å²) >= 11 is 0. The molecule has 0 unspecified atom stereocenters. The molecule has 0 spiro atoms. The van der Waals surface area contributed by atoms with Crippen molar-refractivity contribution in [3.8, 4) is 0 Å². The summed E-state index contributed by atoms with van der Waals surface area (Å²) < 4.78 is 37.9. The van der Waals surface area contributed by atoms with Gasteiger partial charge in [0, 0.05) is 69.6 Å². The average Bonchev–Trinajstić information content (AvgIpc) is 3.14. The van der Waals surface area contributed by atoms with Crippen molar-refractivity contribution in [1.82, 2.24) is 25.2 Å². The molecule has 0 aromatic carbocycles. The van der Waals surface area contributed by atoms with Gasteiger partial charge in [-0.3, -0.25) is 9.78 Å². The van der Waals surface area contributed by atoms with E-state index in [1.54, 1.807) is 4.90 Å². The van der Waals surface area contributed by atoms with Crippen LogP contribution < -0.4 is 10.2 Å². The lowest BCUT2D eigenvalue weighted by atomic mass is 9.96. The zero-order valence-corrected chi connectivity index (χ0v) is 17.2. The maximum atomic E-state index is 12.9. The highest BCUT2D eigenvalue weighted by atomic mass is 19.4. The normalized spacial score (nSPS) is 18.6. The van der Waals surface area contributed by atoms with Crippen molar-refractivity contribution >= 4 is 11.9 Å². The maximum absolute atomic E-state index is 12.9. The number of amides is 1. The zero-order chi connectivity index (χ0) is 21.8. The Hall–Kier alpha value is -2.75. The molecule has 0 atom stereocenters. The number of anilines is 1. The molecule has 7 nitrogen and oxygen atoms in total. The second-order valence-corrected chi connectivity index (χ2v) is 8.51. The highest BCUT2D eigenvalue weighted by Gasteiger charge is 2.36. The summed E-state index contributed by atoms with van der Waals surface area (Å²) in [7, 11) is 0. The van der Waals surface area contributed by atoms with Crippen molar-refractivity contribution in [2.45, 2.75) is 45.6 Å². The molecular formula is C21H23F3N6O. The lowest BCUT2D eigenvalue weighted by Crippen LogP contribution is -2.49. The molecule has 1 N–H and O–H groups in total. The second kappa shape index (κ2) is 7.44. The third-order valence-corrected chi connectivity index (χ3v) is 6.42. The maximum Gasteiger partial charge on any atom is 0.419 e. The van der Waals surface area contributed by atoms with E-state index in [9.17, 15) is 18.0 Å². The Labute approximate surface area is 177 Å². The van der Waals surface area contributed by atoms with Crippen LogP contribution in [0.3, 0.4) is 0 Å². The predicted octanol–water partition coefficient (Wildman–Crippen LogP) is 2.21. The summed E-state index contributed by atoms with van der Waals surface area (Å²) in [5.74, 6) is 0.504. The van der Waals surface area contributed by atoms with E-state index in [4.69, 9.17) is 4.98 Å². The molecule has 164 valence electrons. The number of pyridine rings is 1. The molecule has 0 radical (unpaired) electrons. The summed E-state index contributed by atoms with van der Waals surface area (Å²) in [6, 6.07) is 0. The number of halogens is 3. The number of fused-ring (bicyclic) bond motifs is 2. The fraction of sp³-hybridized carbons (Fsp3) is 0.524. The first kappa shape index (κ1) is 20.2. The number of rotatable bonds is 3. The number of nitrogens with zero attached hydrogens (tertiary/aromatic N) is 5. The number of carbonyl (C=O) groups excluding carboxylic acids is 1. The summed E-state index contributed by atoms with van der Waals surface area (Å²) in [5.41, 5.74) is 4.99. The largest absolute Gasteiger partial charge is 0.419 e.